The SMILES string of the molecule is CC1(C(=O)N[C@@H]2CC[C@H](C(=O)O)C2)COCC1NC(=O)OCC1c2ccccc2-c2ccccc21. The summed E-state index contributed by atoms with van der Waals surface area (Å²) in [4.78, 5) is 37.1. The lowest BCUT2D eigenvalue weighted by molar-refractivity contribution is -0.141. The number of alkyl carbamates (subject to hydrolysis) is 1. The van der Waals surface area contributed by atoms with Crippen molar-refractivity contribution in [3.8, 4) is 11.1 Å². The summed E-state index contributed by atoms with van der Waals surface area (Å²) in [6, 6.07) is 15.5. The molecule has 3 aliphatic rings. The summed E-state index contributed by atoms with van der Waals surface area (Å²) in [7, 11) is 0. The van der Waals surface area contributed by atoms with Crippen molar-refractivity contribution in [2.75, 3.05) is 19.8 Å². The monoisotopic (exact) mass is 478 g/mol. The standard InChI is InChI=1S/C27H30N2O6/c1-27(25(32)28-17-11-10-16(12-17)24(30)31)15-34-14-23(27)29-26(33)35-13-22-20-8-4-2-6-18(20)19-7-3-5-9-21(19)22/h2-9,16-17,22-23H,10-15H2,1H3,(H,28,32)(H,29,33)(H,30,31)/t16-,17+,23?,27?/m0/s1. The van der Waals surface area contributed by atoms with Gasteiger partial charge in [-0.15, -0.1) is 0 Å². The largest absolute Gasteiger partial charge is 0.481 e. The van der Waals surface area contributed by atoms with Crippen molar-refractivity contribution in [1.82, 2.24) is 10.6 Å². The number of benzene rings is 2. The molecule has 0 spiro atoms. The maximum absolute atomic E-state index is 13.1. The zero-order chi connectivity index (χ0) is 24.6. The second kappa shape index (κ2) is 9.34. The van der Waals surface area contributed by atoms with Crippen molar-refractivity contribution in [3.05, 3.63) is 59.7 Å². The van der Waals surface area contributed by atoms with Crippen LogP contribution >= 0.6 is 0 Å². The van der Waals surface area contributed by atoms with Crippen LogP contribution in [0.3, 0.4) is 0 Å². The van der Waals surface area contributed by atoms with Gasteiger partial charge in [-0.05, 0) is 48.4 Å². The molecule has 3 N–H and O–H groups in total. The predicted octanol–water partition coefficient (Wildman–Crippen LogP) is 3.30. The van der Waals surface area contributed by atoms with Crippen molar-refractivity contribution in [3.63, 3.8) is 0 Å². The Morgan fingerprint density at radius 3 is 2.31 bits per heavy atom. The number of carbonyl (C=O) groups is 3. The van der Waals surface area contributed by atoms with Crippen molar-refractivity contribution >= 4 is 18.0 Å². The highest BCUT2D eigenvalue weighted by molar-refractivity contribution is 5.85. The first-order valence-corrected chi connectivity index (χ1v) is 12.1. The first-order valence-electron chi connectivity index (χ1n) is 12.1. The minimum Gasteiger partial charge on any atom is -0.481 e. The molecule has 184 valence electrons. The molecule has 2 aliphatic carbocycles. The fraction of sp³-hybridized carbons (Fsp3) is 0.444. The van der Waals surface area contributed by atoms with Crippen molar-refractivity contribution in [1.29, 1.82) is 0 Å². The molecule has 5 rings (SSSR count). The van der Waals surface area contributed by atoms with E-state index < -0.39 is 29.4 Å². The first-order chi connectivity index (χ1) is 16.9. The van der Waals surface area contributed by atoms with E-state index in [1.165, 1.54) is 0 Å². The number of nitrogens with one attached hydrogen (secondary N) is 2. The lowest BCUT2D eigenvalue weighted by Gasteiger charge is -2.30. The van der Waals surface area contributed by atoms with Crippen LogP contribution in [0.5, 0.6) is 0 Å². The summed E-state index contributed by atoms with van der Waals surface area (Å²) in [6.45, 7) is 2.32. The topological polar surface area (TPSA) is 114 Å². The van der Waals surface area contributed by atoms with Gasteiger partial charge in [-0.3, -0.25) is 9.59 Å². The summed E-state index contributed by atoms with van der Waals surface area (Å²) in [5, 5.41) is 15.0. The summed E-state index contributed by atoms with van der Waals surface area (Å²) in [6.07, 6.45) is 1.01. The molecule has 0 aromatic heterocycles. The minimum atomic E-state index is -0.965. The summed E-state index contributed by atoms with van der Waals surface area (Å²) in [5.41, 5.74) is 3.61. The van der Waals surface area contributed by atoms with E-state index in [-0.39, 0.29) is 37.7 Å². The lowest BCUT2D eigenvalue weighted by Crippen LogP contribution is -2.55. The van der Waals surface area contributed by atoms with Gasteiger partial charge in [-0.2, -0.15) is 0 Å². The molecule has 35 heavy (non-hydrogen) atoms. The van der Waals surface area contributed by atoms with Gasteiger partial charge in [0.15, 0.2) is 0 Å². The van der Waals surface area contributed by atoms with E-state index >= 15 is 0 Å². The third-order valence-electron chi connectivity index (χ3n) is 7.73. The highest BCUT2D eigenvalue weighted by Crippen LogP contribution is 2.44. The van der Waals surface area contributed by atoms with Gasteiger partial charge in [-0.1, -0.05) is 48.5 Å². The molecular formula is C27H30N2O6. The highest BCUT2D eigenvalue weighted by Gasteiger charge is 2.48. The Bertz CT molecular complexity index is 1100. The molecule has 0 bridgehead atoms. The third kappa shape index (κ3) is 4.38. The van der Waals surface area contributed by atoms with Crippen molar-refractivity contribution in [2.24, 2.45) is 11.3 Å². The van der Waals surface area contributed by atoms with E-state index in [4.69, 9.17) is 9.47 Å². The van der Waals surface area contributed by atoms with Crippen molar-refractivity contribution < 1.29 is 29.0 Å². The van der Waals surface area contributed by atoms with E-state index in [1.54, 1.807) is 6.92 Å². The van der Waals surface area contributed by atoms with Crippen LogP contribution in [0.2, 0.25) is 0 Å². The van der Waals surface area contributed by atoms with Gasteiger partial charge in [0.1, 0.15) is 6.61 Å². The Labute approximate surface area is 204 Å². The quantitative estimate of drug-likeness (QED) is 0.587. The summed E-state index contributed by atoms with van der Waals surface area (Å²) in [5.74, 6) is -1.54. The number of ether oxygens (including phenoxy) is 2. The van der Waals surface area contributed by atoms with Gasteiger partial charge in [0, 0.05) is 12.0 Å². The van der Waals surface area contributed by atoms with Gasteiger partial charge in [0.2, 0.25) is 5.91 Å². The molecule has 1 aliphatic heterocycles. The molecule has 2 unspecified atom stereocenters. The number of carbonyl (C=O) groups excluding carboxylic acids is 2. The smallest absolute Gasteiger partial charge is 0.407 e. The van der Waals surface area contributed by atoms with Crippen LogP contribution < -0.4 is 10.6 Å². The van der Waals surface area contributed by atoms with Gasteiger partial charge in [0.25, 0.3) is 0 Å². The molecule has 2 aromatic carbocycles. The number of hydrogen-bond acceptors (Lipinski definition) is 5. The Kier molecular flexibility index (Phi) is 6.23. The molecular weight excluding hydrogens is 448 g/mol. The highest BCUT2D eigenvalue weighted by atomic mass is 16.5. The van der Waals surface area contributed by atoms with E-state index in [9.17, 15) is 19.5 Å². The lowest BCUT2D eigenvalue weighted by atomic mass is 9.84. The van der Waals surface area contributed by atoms with Crippen LogP contribution in [0.4, 0.5) is 4.79 Å². The van der Waals surface area contributed by atoms with E-state index in [0.29, 0.717) is 19.3 Å². The molecule has 0 radical (unpaired) electrons. The molecule has 1 saturated heterocycles. The van der Waals surface area contributed by atoms with Crippen LogP contribution in [-0.4, -0.2) is 55.0 Å². The van der Waals surface area contributed by atoms with Gasteiger partial charge >= 0.3 is 12.1 Å². The number of carboxylic acids is 1. The molecule has 2 aromatic rings. The number of amides is 2. The van der Waals surface area contributed by atoms with Gasteiger partial charge in [-0.25, -0.2) is 4.79 Å². The molecule has 4 atom stereocenters. The fourth-order valence-electron chi connectivity index (χ4n) is 5.57. The van der Waals surface area contributed by atoms with Crippen LogP contribution in [0.1, 0.15) is 43.2 Å². The second-order valence-corrected chi connectivity index (χ2v) is 9.97. The number of fused-ring (bicyclic) bond motifs is 3. The molecule has 1 saturated carbocycles. The van der Waals surface area contributed by atoms with Crippen LogP contribution in [0, 0.1) is 11.3 Å². The molecule has 2 amide bonds. The van der Waals surface area contributed by atoms with E-state index in [1.807, 2.05) is 24.3 Å². The minimum absolute atomic E-state index is 0.0489. The summed E-state index contributed by atoms with van der Waals surface area (Å²) >= 11 is 0. The van der Waals surface area contributed by atoms with Crippen LogP contribution in [-0.2, 0) is 19.1 Å². The Hall–Kier alpha value is -3.39. The number of rotatable bonds is 6. The molecule has 1 heterocycles. The average Bonchev–Trinajstić information content (AvgIpc) is 3.55. The third-order valence-corrected chi connectivity index (χ3v) is 7.73. The van der Waals surface area contributed by atoms with Gasteiger partial charge < -0.3 is 25.2 Å². The maximum Gasteiger partial charge on any atom is 0.407 e. The molecule has 8 heteroatoms. The number of aliphatic carboxylic acids is 1. The fourth-order valence-corrected chi connectivity index (χ4v) is 5.57. The Balaban J connectivity index is 1.20. The first kappa shape index (κ1) is 23.4. The van der Waals surface area contributed by atoms with Gasteiger partial charge in [0.05, 0.1) is 30.6 Å². The summed E-state index contributed by atoms with van der Waals surface area (Å²) < 4.78 is 11.2. The second-order valence-electron chi connectivity index (χ2n) is 9.97. The number of hydrogen-bond donors (Lipinski definition) is 3. The van der Waals surface area contributed by atoms with Crippen LogP contribution in [0.15, 0.2) is 48.5 Å². The average molecular weight is 479 g/mol. The molecule has 2 fully saturated rings. The number of carboxylic acid groups (broad SMARTS) is 1. The zero-order valence-electron chi connectivity index (χ0n) is 19.7. The maximum atomic E-state index is 13.1. The van der Waals surface area contributed by atoms with Crippen molar-refractivity contribution in [2.45, 2.75) is 44.2 Å². The zero-order valence-corrected chi connectivity index (χ0v) is 19.7. The Morgan fingerprint density at radius 2 is 1.69 bits per heavy atom. The normalized spacial score (nSPS) is 27.2. The van der Waals surface area contributed by atoms with Crippen LogP contribution in [0.25, 0.3) is 11.1 Å². The Morgan fingerprint density at radius 1 is 1.03 bits per heavy atom. The predicted molar refractivity (Wildman–Crippen MR) is 128 cm³/mol. The van der Waals surface area contributed by atoms with E-state index in [0.717, 1.165) is 22.3 Å². The van der Waals surface area contributed by atoms with E-state index in [2.05, 4.69) is 34.9 Å². The molecule has 8 nitrogen and oxygen atoms in total.